The molecule has 0 aliphatic carbocycles. The first-order valence-electron chi connectivity index (χ1n) is 7.00. The normalized spacial score (nSPS) is 28.0. The Labute approximate surface area is 127 Å². The minimum Gasteiger partial charge on any atom is -0.363 e. The summed E-state index contributed by atoms with van der Waals surface area (Å²) < 4.78 is 0. The van der Waals surface area contributed by atoms with Gasteiger partial charge in [0.15, 0.2) is 11.9 Å². The molecule has 5 nitrogen and oxygen atoms in total. The molecule has 1 aliphatic rings. The van der Waals surface area contributed by atoms with Crippen molar-refractivity contribution in [3.63, 3.8) is 0 Å². The number of ketones is 2. The highest BCUT2D eigenvalue weighted by molar-refractivity contribution is 6.05. The molecule has 0 radical (unpaired) electrons. The van der Waals surface area contributed by atoms with Gasteiger partial charge in [-0.05, 0) is 30.7 Å². The van der Waals surface area contributed by atoms with Crippen molar-refractivity contribution in [2.24, 2.45) is 5.92 Å². The molecule has 0 amide bonds. The molecular weight excluding hydrogens is 284 g/mol. The summed E-state index contributed by atoms with van der Waals surface area (Å²) in [4.78, 5) is 34.1. The second-order valence-corrected chi connectivity index (χ2v) is 5.67. The van der Waals surface area contributed by atoms with E-state index in [0.29, 0.717) is 5.56 Å². The fourth-order valence-corrected chi connectivity index (χ4v) is 2.83. The molecule has 0 saturated carbocycles. The van der Waals surface area contributed by atoms with Gasteiger partial charge in [-0.1, -0.05) is 36.4 Å². The lowest BCUT2D eigenvalue weighted by molar-refractivity contribution is -0.369. The Morgan fingerprint density at radius 2 is 1.82 bits per heavy atom. The Kier molecular flexibility index (Phi) is 3.56. The minimum absolute atomic E-state index is 0.360. The van der Waals surface area contributed by atoms with Crippen LogP contribution < -0.4 is 0 Å². The van der Waals surface area contributed by atoms with Gasteiger partial charge in [0.1, 0.15) is 11.7 Å². The first-order valence-corrected chi connectivity index (χ1v) is 7.00. The number of hydrogen-bond donors (Lipinski definition) is 1. The Morgan fingerprint density at radius 3 is 2.50 bits per heavy atom. The molecule has 22 heavy (non-hydrogen) atoms. The summed E-state index contributed by atoms with van der Waals surface area (Å²) in [7, 11) is 0. The van der Waals surface area contributed by atoms with Crippen LogP contribution >= 0.6 is 0 Å². The molecule has 2 aromatic rings. The molecule has 3 rings (SSSR count). The molecule has 0 spiro atoms. The van der Waals surface area contributed by atoms with Gasteiger partial charge in [0.2, 0.25) is 5.79 Å². The van der Waals surface area contributed by atoms with Gasteiger partial charge in [-0.25, -0.2) is 4.89 Å². The number of fused-ring (bicyclic) bond motifs is 1. The zero-order chi connectivity index (χ0) is 15.9. The van der Waals surface area contributed by atoms with E-state index < -0.39 is 17.8 Å². The Balaban J connectivity index is 1.97. The maximum Gasteiger partial charge on any atom is 0.209 e. The highest BCUT2D eigenvalue weighted by Gasteiger charge is 2.53. The zero-order valence-corrected chi connectivity index (χ0v) is 12.3. The van der Waals surface area contributed by atoms with Gasteiger partial charge in [0.05, 0.1) is 0 Å². The van der Waals surface area contributed by atoms with Gasteiger partial charge in [0, 0.05) is 5.56 Å². The number of rotatable bonds is 3. The molecule has 0 aromatic heterocycles. The molecule has 1 saturated heterocycles. The van der Waals surface area contributed by atoms with Gasteiger partial charge in [-0.3, -0.25) is 9.59 Å². The third-order valence-corrected chi connectivity index (χ3v) is 3.93. The SMILES string of the molecule is CC(=O)C1C(C(=O)c2ccc3ccccc3c2)OOC1(C)O. The van der Waals surface area contributed by atoms with E-state index in [2.05, 4.69) is 0 Å². The van der Waals surface area contributed by atoms with Crippen LogP contribution in [0.4, 0.5) is 0 Å². The first kappa shape index (κ1) is 14.8. The van der Waals surface area contributed by atoms with Crippen molar-refractivity contribution in [3.8, 4) is 0 Å². The molecule has 2 aromatic carbocycles. The third kappa shape index (κ3) is 2.43. The summed E-state index contributed by atoms with van der Waals surface area (Å²) in [6.07, 6.45) is -1.14. The van der Waals surface area contributed by atoms with E-state index in [9.17, 15) is 14.7 Å². The van der Waals surface area contributed by atoms with Crippen molar-refractivity contribution in [2.45, 2.75) is 25.7 Å². The average Bonchev–Trinajstić information content (AvgIpc) is 2.81. The lowest BCUT2D eigenvalue weighted by Gasteiger charge is -2.20. The van der Waals surface area contributed by atoms with Crippen LogP contribution in [0.5, 0.6) is 0 Å². The number of Topliss-reactive ketones (excluding diaryl/α,β-unsaturated/α-hetero) is 2. The maximum atomic E-state index is 12.6. The van der Waals surface area contributed by atoms with Gasteiger partial charge in [-0.2, -0.15) is 4.89 Å². The van der Waals surface area contributed by atoms with Crippen LogP contribution in [0.3, 0.4) is 0 Å². The maximum absolute atomic E-state index is 12.6. The molecule has 1 N–H and O–H groups in total. The molecule has 0 bridgehead atoms. The van der Waals surface area contributed by atoms with Crippen molar-refractivity contribution in [1.29, 1.82) is 0 Å². The fraction of sp³-hybridized carbons (Fsp3) is 0.294. The Morgan fingerprint density at radius 1 is 1.14 bits per heavy atom. The van der Waals surface area contributed by atoms with Gasteiger partial charge in [-0.15, -0.1) is 0 Å². The molecule has 1 aliphatic heterocycles. The Hall–Kier alpha value is -2.08. The fourth-order valence-electron chi connectivity index (χ4n) is 2.83. The molecule has 5 heteroatoms. The number of benzene rings is 2. The largest absolute Gasteiger partial charge is 0.363 e. The van der Waals surface area contributed by atoms with Crippen LogP contribution in [0.25, 0.3) is 10.8 Å². The van der Waals surface area contributed by atoms with E-state index in [1.807, 2.05) is 30.3 Å². The summed E-state index contributed by atoms with van der Waals surface area (Å²) in [5, 5.41) is 12.0. The van der Waals surface area contributed by atoms with Crippen molar-refractivity contribution in [2.75, 3.05) is 0 Å². The lowest BCUT2D eigenvalue weighted by atomic mass is 9.86. The van der Waals surface area contributed by atoms with Crippen LogP contribution in [0.15, 0.2) is 42.5 Å². The molecule has 3 atom stereocenters. The van der Waals surface area contributed by atoms with Crippen LogP contribution in [-0.2, 0) is 14.6 Å². The second-order valence-electron chi connectivity index (χ2n) is 5.67. The van der Waals surface area contributed by atoms with Crippen LogP contribution in [-0.4, -0.2) is 28.6 Å². The highest BCUT2D eigenvalue weighted by atomic mass is 17.2. The number of carbonyl (C=O) groups is 2. The average molecular weight is 300 g/mol. The summed E-state index contributed by atoms with van der Waals surface area (Å²) in [5.74, 6) is -3.60. The van der Waals surface area contributed by atoms with Crippen LogP contribution in [0.1, 0.15) is 24.2 Å². The third-order valence-electron chi connectivity index (χ3n) is 3.93. The molecular formula is C17H16O5. The molecule has 1 fully saturated rings. The first-order chi connectivity index (χ1) is 10.4. The molecule has 1 heterocycles. The predicted molar refractivity (Wildman–Crippen MR) is 79.0 cm³/mol. The summed E-state index contributed by atoms with van der Waals surface area (Å²) >= 11 is 0. The standard InChI is InChI=1S/C17H16O5/c1-10(18)14-16(21-22-17(14,2)20)15(19)13-8-7-11-5-3-4-6-12(11)9-13/h3-9,14,16,20H,1-2H3. The quantitative estimate of drug-likeness (QED) is 0.695. The van der Waals surface area contributed by atoms with Gasteiger partial charge >= 0.3 is 0 Å². The van der Waals surface area contributed by atoms with E-state index in [0.717, 1.165) is 10.8 Å². The van der Waals surface area contributed by atoms with Crippen LogP contribution in [0.2, 0.25) is 0 Å². The minimum atomic E-state index is -1.80. The van der Waals surface area contributed by atoms with E-state index in [1.54, 1.807) is 12.1 Å². The second kappa shape index (κ2) is 5.28. The topological polar surface area (TPSA) is 72.8 Å². The molecule has 114 valence electrons. The number of aliphatic hydroxyl groups is 1. The van der Waals surface area contributed by atoms with E-state index in [1.165, 1.54) is 13.8 Å². The summed E-state index contributed by atoms with van der Waals surface area (Å²) in [5.41, 5.74) is 0.413. The zero-order valence-electron chi connectivity index (χ0n) is 12.3. The lowest BCUT2D eigenvalue weighted by Crippen LogP contribution is -2.42. The van der Waals surface area contributed by atoms with Crippen molar-refractivity contribution >= 4 is 22.3 Å². The smallest absolute Gasteiger partial charge is 0.209 e. The van der Waals surface area contributed by atoms with Gasteiger partial charge in [0.25, 0.3) is 0 Å². The predicted octanol–water partition coefficient (Wildman–Crippen LogP) is 2.27. The van der Waals surface area contributed by atoms with Crippen molar-refractivity contribution < 1.29 is 24.5 Å². The summed E-state index contributed by atoms with van der Waals surface area (Å²) in [6, 6.07) is 12.9. The van der Waals surface area contributed by atoms with E-state index >= 15 is 0 Å². The molecule has 3 unspecified atom stereocenters. The van der Waals surface area contributed by atoms with Crippen LogP contribution in [0, 0.1) is 5.92 Å². The summed E-state index contributed by atoms with van der Waals surface area (Å²) in [6.45, 7) is 2.62. The van der Waals surface area contributed by atoms with E-state index in [-0.39, 0.29) is 11.6 Å². The highest BCUT2D eigenvalue weighted by Crippen LogP contribution is 2.35. The van der Waals surface area contributed by atoms with E-state index in [4.69, 9.17) is 9.78 Å². The van der Waals surface area contributed by atoms with Crippen molar-refractivity contribution in [3.05, 3.63) is 48.0 Å². The Bertz CT molecular complexity index is 750. The number of carbonyl (C=O) groups excluding carboxylic acids is 2. The van der Waals surface area contributed by atoms with Crippen molar-refractivity contribution in [1.82, 2.24) is 0 Å². The number of hydrogen-bond acceptors (Lipinski definition) is 5. The van der Waals surface area contributed by atoms with Gasteiger partial charge < -0.3 is 5.11 Å². The monoisotopic (exact) mass is 300 g/mol.